The normalized spacial score (nSPS) is 11.2. The van der Waals surface area contributed by atoms with Crippen LogP contribution < -0.4 is 10.6 Å². The van der Waals surface area contributed by atoms with Gasteiger partial charge in [-0.05, 0) is 36.4 Å². The van der Waals surface area contributed by atoms with Crippen molar-refractivity contribution in [3.05, 3.63) is 76.3 Å². The number of hydrogen-bond acceptors (Lipinski definition) is 3. The van der Waals surface area contributed by atoms with Crippen LogP contribution in [0.4, 0.5) is 23.2 Å². The Kier molecular flexibility index (Phi) is 6.20. The Morgan fingerprint density at radius 1 is 1.07 bits per heavy atom. The lowest BCUT2D eigenvalue weighted by molar-refractivity contribution is -0.143. The van der Waals surface area contributed by atoms with E-state index in [1.807, 2.05) is 0 Å². The largest absolute Gasteiger partial charge is 0.434 e. The smallest absolute Gasteiger partial charge is 0.343 e. The van der Waals surface area contributed by atoms with E-state index in [9.17, 15) is 27.2 Å². The zero-order valence-corrected chi connectivity index (χ0v) is 16.6. The number of nitrogens with one attached hydrogen (secondary N) is 2. The molecule has 0 aliphatic heterocycles. The summed E-state index contributed by atoms with van der Waals surface area (Å²) in [5.41, 5.74) is -2.29. The number of benzene rings is 2. The third-order valence-electron chi connectivity index (χ3n) is 3.90. The maximum Gasteiger partial charge on any atom is 0.434 e. The molecule has 11 heteroatoms. The van der Waals surface area contributed by atoms with Crippen molar-refractivity contribution < 1.29 is 27.2 Å². The molecular formula is C19H13BrF4N4O2. The van der Waals surface area contributed by atoms with Gasteiger partial charge in [-0.1, -0.05) is 28.1 Å². The van der Waals surface area contributed by atoms with Crippen LogP contribution >= 0.6 is 15.9 Å². The van der Waals surface area contributed by atoms with Gasteiger partial charge in [-0.25, -0.2) is 9.07 Å². The van der Waals surface area contributed by atoms with Gasteiger partial charge in [0, 0.05) is 10.2 Å². The zero-order chi connectivity index (χ0) is 21.9. The van der Waals surface area contributed by atoms with Crippen molar-refractivity contribution in [3.8, 4) is 5.69 Å². The second-order valence-electron chi connectivity index (χ2n) is 6.01. The fourth-order valence-electron chi connectivity index (χ4n) is 2.59. The molecule has 1 heterocycles. The van der Waals surface area contributed by atoms with Crippen LogP contribution in [0.3, 0.4) is 0 Å². The number of nitrogens with zero attached hydrogens (tertiary/aromatic N) is 2. The SMILES string of the molecule is O=C(CNC(=O)c1cnn(-c2ccccc2F)c1C(F)(F)F)Nc1ccc(Br)cc1. The first-order valence-corrected chi connectivity index (χ1v) is 9.20. The lowest BCUT2D eigenvalue weighted by atomic mass is 10.2. The molecule has 2 aromatic carbocycles. The summed E-state index contributed by atoms with van der Waals surface area (Å²) in [6.07, 6.45) is -4.32. The number of hydrogen-bond donors (Lipinski definition) is 2. The molecule has 0 aliphatic rings. The molecule has 156 valence electrons. The molecule has 0 aliphatic carbocycles. The first-order chi connectivity index (χ1) is 14.2. The van der Waals surface area contributed by atoms with Gasteiger partial charge in [0.05, 0.1) is 18.3 Å². The highest BCUT2D eigenvalue weighted by Crippen LogP contribution is 2.34. The van der Waals surface area contributed by atoms with Crippen LogP contribution in [0.25, 0.3) is 5.69 Å². The van der Waals surface area contributed by atoms with Gasteiger partial charge in [-0.15, -0.1) is 0 Å². The first kappa shape index (κ1) is 21.5. The van der Waals surface area contributed by atoms with Crippen LogP contribution in [0.5, 0.6) is 0 Å². The predicted octanol–water partition coefficient (Wildman–Crippen LogP) is 4.16. The number of aromatic nitrogens is 2. The van der Waals surface area contributed by atoms with Crippen molar-refractivity contribution in [2.75, 3.05) is 11.9 Å². The number of carbonyl (C=O) groups is 2. The summed E-state index contributed by atoms with van der Waals surface area (Å²) in [5.74, 6) is -2.75. The Labute approximate surface area is 176 Å². The fraction of sp³-hybridized carbons (Fsp3) is 0.105. The molecule has 0 saturated heterocycles. The summed E-state index contributed by atoms with van der Waals surface area (Å²) < 4.78 is 55.8. The molecule has 3 rings (SSSR count). The Bertz CT molecular complexity index is 1080. The Morgan fingerprint density at radius 2 is 1.73 bits per heavy atom. The fourth-order valence-corrected chi connectivity index (χ4v) is 2.85. The molecule has 0 atom stereocenters. The minimum Gasteiger partial charge on any atom is -0.343 e. The van der Waals surface area contributed by atoms with E-state index in [2.05, 4.69) is 31.7 Å². The number of amides is 2. The molecule has 6 nitrogen and oxygen atoms in total. The van der Waals surface area contributed by atoms with Crippen LogP contribution in [0.1, 0.15) is 16.1 Å². The highest BCUT2D eigenvalue weighted by Gasteiger charge is 2.41. The van der Waals surface area contributed by atoms with Gasteiger partial charge in [-0.2, -0.15) is 18.3 Å². The minimum absolute atomic E-state index is 0.312. The van der Waals surface area contributed by atoms with Crippen LogP contribution in [0, 0.1) is 5.82 Å². The van der Waals surface area contributed by atoms with Crippen LogP contribution in [-0.2, 0) is 11.0 Å². The van der Waals surface area contributed by atoms with Gasteiger partial charge < -0.3 is 10.6 Å². The van der Waals surface area contributed by atoms with E-state index in [1.165, 1.54) is 12.1 Å². The summed E-state index contributed by atoms with van der Waals surface area (Å²) in [4.78, 5) is 24.3. The summed E-state index contributed by atoms with van der Waals surface area (Å²) in [6.45, 7) is -0.572. The molecule has 0 saturated carbocycles. The number of para-hydroxylation sites is 1. The molecule has 2 amide bonds. The molecule has 0 spiro atoms. The zero-order valence-electron chi connectivity index (χ0n) is 15.0. The van der Waals surface area contributed by atoms with E-state index < -0.39 is 47.3 Å². The summed E-state index contributed by atoms with van der Waals surface area (Å²) in [5, 5.41) is 8.14. The summed E-state index contributed by atoms with van der Waals surface area (Å²) in [7, 11) is 0. The third kappa shape index (κ3) is 4.85. The van der Waals surface area contributed by atoms with Gasteiger partial charge in [0.25, 0.3) is 5.91 Å². The molecule has 0 bridgehead atoms. The highest BCUT2D eigenvalue weighted by atomic mass is 79.9. The second kappa shape index (κ2) is 8.66. The quantitative estimate of drug-likeness (QED) is 0.534. The standard InChI is InChI=1S/C19H13BrF4N4O2/c20-11-5-7-12(8-6-11)27-16(29)10-25-18(30)13-9-26-28(17(13)19(22,23)24)15-4-2-1-3-14(15)21/h1-9H,10H2,(H,25,30)(H,27,29). The monoisotopic (exact) mass is 484 g/mol. The molecule has 1 aromatic heterocycles. The maximum absolute atomic E-state index is 14.0. The van der Waals surface area contributed by atoms with E-state index in [-0.39, 0.29) is 0 Å². The molecule has 0 radical (unpaired) electrons. The van der Waals surface area contributed by atoms with Crippen molar-refractivity contribution >= 4 is 33.4 Å². The van der Waals surface area contributed by atoms with Gasteiger partial charge in [-0.3, -0.25) is 9.59 Å². The molecule has 3 aromatic rings. The molecular weight excluding hydrogens is 472 g/mol. The second-order valence-corrected chi connectivity index (χ2v) is 6.92. The average molecular weight is 485 g/mol. The van der Waals surface area contributed by atoms with Gasteiger partial charge in [0.15, 0.2) is 5.69 Å². The average Bonchev–Trinajstić information content (AvgIpc) is 3.14. The van der Waals surface area contributed by atoms with E-state index in [0.717, 1.165) is 16.6 Å². The van der Waals surface area contributed by atoms with Crippen molar-refractivity contribution in [2.24, 2.45) is 0 Å². The van der Waals surface area contributed by atoms with Crippen molar-refractivity contribution in [1.82, 2.24) is 15.1 Å². The summed E-state index contributed by atoms with van der Waals surface area (Å²) >= 11 is 3.24. The number of alkyl halides is 3. The topological polar surface area (TPSA) is 76.0 Å². The van der Waals surface area contributed by atoms with Crippen molar-refractivity contribution in [2.45, 2.75) is 6.18 Å². The molecule has 0 fully saturated rings. The van der Waals surface area contributed by atoms with Gasteiger partial charge in [0.1, 0.15) is 11.5 Å². The molecule has 0 unspecified atom stereocenters. The Hall–Kier alpha value is -3.21. The maximum atomic E-state index is 14.0. The van der Waals surface area contributed by atoms with Crippen molar-refractivity contribution in [3.63, 3.8) is 0 Å². The van der Waals surface area contributed by atoms with Crippen molar-refractivity contribution in [1.29, 1.82) is 0 Å². The number of rotatable bonds is 5. The lowest BCUT2D eigenvalue weighted by Crippen LogP contribution is -2.34. The molecule has 2 N–H and O–H groups in total. The molecule has 30 heavy (non-hydrogen) atoms. The van der Waals surface area contributed by atoms with Gasteiger partial charge in [0.2, 0.25) is 5.91 Å². The number of halogens is 5. The van der Waals surface area contributed by atoms with E-state index in [0.29, 0.717) is 16.6 Å². The van der Waals surface area contributed by atoms with E-state index in [1.54, 1.807) is 24.3 Å². The number of anilines is 1. The predicted molar refractivity (Wildman–Crippen MR) is 104 cm³/mol. The Morgan fingerprint density at radius 3 is 2.37 bits per heavy atom. The van der Waals surface area contributed by atoms with Crippen LogP contribution in [0.15, 0.2) is 59.2 Å². The van der Waals surface area contributed by atoms with E-state index >= 15 is 0 Å². The third-order valence-corrected chi connectivity index (χ3v) is 4.43. The minimum atomic E-state index is -4.99. The van der Waals surface area contributed by atoms with Gasteiger partial charge >= 0.3 is 6.18 Å². The summed E-state index contributed by atoms with van der Waals surface area (Å²) in [6, 6.07) is 11.3. The lowest BCUT2D eigenvalue weighted by Gasteiger charge is -2.13. The van der Waals surface area contributed by atoms with Crippen LogP contribution in [0.2, 0.25) is 0 Å². The van der Waals surface area contributed by atoms with Crippen LogP contribution in [-0.4, -0.2) is 28.1 Å². The first-order valence-electron chi connectivity index (χ1n) is 8.40. The highest BCUT2D eigenvalue weighted by molar-refractivity contribution is 9.10. The number of carbonyl (C=O) groups excluding carboxylic acids is 2. The Balaban J connectivity index is 1.78. The van der Waals surface area contributed by atoms with E-state index in [4.69, 9.17) is 0 Å².